The number of nitrogens with zero attached hydrogens (tertiary/aromatic N) is 1. The number of carbonyl (C=O) groups is 1. The van der Waals surface area contributed by atoms with Gasteiger partial charge in [-0.1, -0.05) is 12.1 Å². The van der Waals surface area contributed by atoms with Crippen LogP contribution in [0.25, 0.3) is 0 Å². The summed E-state index contributed by atoms with van der Waals surface area (Å²) in [6.07, 6.45) is 0.699. The highest BCUT2D eigenvalue weighted by atomic mass is 32.1. The molecule has 0 aliphatic heterocycles. The van der Waals surface area contributed by atoms with Crippen LogP contribution in [0, 0.1) is 5.82 Å². The van der Waals surface area contributed by atoms with E-state index in [4.69, 9.17) is 5.11 Å². The van der Waals surface area contributed by atoms with Crippen molar-refractivity contribution >= 4 is 22.4 Å². The molecule has 1 aromatic heterocycles. The van der Waals surface area contributed by atoms with E-state index in [1.54, 1.807) is 17.5 Å². The van der Waals surface area contributed by atoms with Crippen LogP contribution in [0.2, 0.25) is 0 Å². The number of aliphatic carboxylic acids is 1. The highest BCUT2D eigenvalue weighted by molar-refractivity contribution is 7.13. The first-order chi connectivity index (χ1) is 9.13. The van der Waals surface area contributed by atoms with Gasteiger partial charge in [0.15, 0.2) is 5.13 Å². The smallest absolute Gasteiger partial charge is 0.309 e. The van der Waals surface area contributed by atoms with E-state index in [0.29, 0.717) is 17.4 Å². The molecule has 4 nitrogen and oxygen atoms in total. The Morgan fingerprint density at radius 2 is 2.11 bits per heavy atom. The Kier molecular flexibility index (Phi) is 4.46. The van der Waals surface area contributed by atoms with Crippen LogP contribution >= 0.6 is 11.3 Å². The zero-order valence-electron chi connectivity index (χ0n) is 10.1. The van der Waals surface area contributed by atoms with Gasteiger partial charge in [0.2, 0.25) is 0 Å². The van der Waals surface area contributed by atoms with Crippen LogP contribution in [-0.2, 0) is 17.6 Å². The van der Waals surface area contributed by atoms with Crippen molar-refractivity contribution in [3.8, 4) is 0 Å². The Balaban J connectivity index is 1.80. The highest BCUT2D eigenvalue weighted by Gasteiger charge is 2.05. The van der Waals surface area contributed by atoms with E-state index >= 15 is 0 Å². The molecule has 0 bridgehead atoms. The fourth-order valence-electron chi connectivity index (χ4n) is 1.59. The fourth-order valence-corrected chi connectivity index (χ4v) is 2.33. The predicted molar refractivity (Wildman–Crippen MR) is 72.0 cm³/mol. The standard InChI is InChI=1S/C13H13FN2O2S/c14-10-3-1-9(2-4-10)5-6-15-13-16-11(8-19-13)7-12(17)18/h1-4,8H,5-7H2,(H,15,16)(H,17,18). The third-order valence-electron chi connectivity index (χ3n) is 2.49. The Morgan fingerprint density at radius 3 is 2.79 bits per heavy atom. The molecule has 0 aliphatic carbocycles. The Morgan fingerprint density at radius 1 is 1.37 bits per heavy atom. The van der Waals surface area contributed by atoms with Gasteiger partial charge in [0, 0.05) is 11.9 Å². The van der Waals surface area contributed by atoms with E-state index in [-0.39, 0.29) is 12.2 Å². The van der Waals surface area contributed by atoms with Crippen LogP contribution in [0.15, 0.2) is 29.6 Å². The summed E-state index contributed by atoms with van der Waals surface area (Å²) in [7, 11) is 0. The number of aromatic nitrogens is 1. The summed E-state index contributed by atoms with van der Waals surface area (Å²) in [5, 5.41) is 14.2. The molecular formula is C13H13FN2O2S. The van der Waals surface area contributed by atoms with Gasteiger partial charge in [-0.05, 0) is 24.1 Å². The first-order valence-electron chi connectivity index (χ1n) is 5.78. The van der Waals surface area contributed by atoms with E-state index in [0.717, 1.165) is 12.0 Å². The van der Waals surface area contributed by atoms with Crippen LogP contribution in [0.4, 0.5) is 9.52 Å². The number of carboxylic acid groups (broad SMARTS) is 1. The van der Waals surface area contributed by atoms with Gasteiger partial charge in [0.05, 0.1) is 12.1 Å². The SMILES string of the molecule is O=C(O)Cc1csc(NCCc2ccc(F)cc2)n1. The summed E-state index contributed by atoms with van der Waals surface area (Å²) in [4.78, 5) is 14.7. The van der Waals surface area contributed by atoms with Crippen molar-refractivity contribution < 1.29 is 14.3 Å². The lowest BCUT2D eigenvalue weighted by atomic mass is 10.1. The molecule has 1 heterocycles. The number of carboxylic acids is 1. The molecule has 0 aliphatic rings. The average molecular weight is 280 g/mol. The lowest BCUT2D eigenvalue weighted by Gasteiger charge is -2.02. The lowest BCUT2D eigenvalue weighted by Crippen LogP contribution is -2.05. The molecule has 0 amide bonds. The largest absolute Gasteiger partial charge is 0.481 e. The zero-order chi connectivity index (χ0) is 13.7. The maximum absolute atomic E-state index is 12.7. The lowest BCUT2D eigenvalue weighted by molar-refractivity contribution is -0.136. The summed E-state index contributed by atoms with van der Waals surface area (Å²) in [5.74, 6) is -1.13. The van der Waals surface area contributed by atoms with Crippen molar-refractivity contribution in [2.45, 2.75) is 12.8 Å². The van der Waals surface area contributed by atoms with Crippen molar-refractivity contribution in [3.63, 3.8) is 0 Å². The number of anilines is 1. The van der Waals surface area contributed by atoms with E-state index in [1.807, 2.05) is 0 Å². The third-order valence-corrected chi connectivity index (χ3v) is 3.34. The van der Waals surface area contributed by atoms with Crippen LogP contribution in [0.1, 0.15) is 11.3 Å². The second-order valence-corrected chi connectivity index (χ2v) is 4.88. The van der Waals surface area contributed by atoms with Gasteiger partial charge in [0.1, 0.15) is 5.82 Å². The summed E-state index contributed by atoms with van der Waals surface area (Å²) in [6, 6.07) is 6.36. The summed E-state index contributed by atoms with van der Waals surface area (Å²) in [5.41, 5.74) is 1.60. The quantitative estimate of drug-likeness (QED) is 0.853. The Hall–Kier alpha value is -1.95. The normalized spacial score (nSPS) is 10.4. The third kappa shape index (κ3) is 4.33. The molecule has 0 spiro atoms. The number of halogens is 1. The monoisotopic (exact) mass is 280 g/mol. The molecule has 19 heavy (non-hydrogen) atoms. The average Bonchev–Trinajstić information content (AvgIpc) is 2.78. The molecule has 0 radical (unpaired) electrons. The van der Waals surface area contributed by atoms with Crippen LogP contribution < -0.4 is 5.32 Å². The minimum Gasteiger partial charge on any atom is -0.481 e. The van der Waals surface area contributed by atoms with Gasteiger partial charge in [0.25, 0.3) is 0 Å². The molecule has 0 fully saturated rings. The predicted octanol–water partition coefficient (Wildman–Crippen LogP) is 2.56. The minimum atomic E-state index is -0.886. The summed E-state index contributed by atoms with van der Waals surface area (Å²) in [6.45, 7) is 0.672. The van der Waals surface area contributed by atoms with Crippen molar-refractivity contribution in [1.82, 2.24) is 4.98 Å². The molecule has 6 heteroatoms. The number of rotatable bonds is 6. The van der Waals surface area contributed by atoms with Gasteiger partial charge in [-0.15, -0.1) is 11.3 Å². The van der Waals surface area contributed by atoms with E-state index in [2.05, 4.69) is 10.3 Å². The van der Waals surface area contributed by atoms with Gasteiger partial charge in [-0.3, -0.25) is 4.79 Å². The van der Waals surface area contributed by atoms with Crippen molar-refractivity contribution in [2.24, 2.45) is 0 Å². The Bertz CT molecular complexity index is 554. The number of hydrogen-bond acceptors (Lipinski definition) is 4. The van der Waals surface area contributed by atoms with E-state index in [1.165, 1.54) is 23.5 Å². The van der Waals surface area contributed by atoms with Crippen molar-refractivity contribution in [1.29, 1.82) is 0 Å². The molecule has 0 saturated heterocycles. The van der Waals surface area contributed by atoms with Gasteiger partial charge >= 0.3 is 5.97 Å². The second kappa shape index (κ2) is 6.29. The molecular weight excluding hydrogens is 267 g/mol. The van der Waals surface area contributed by atoms with Gasteiger partial charge in [-0.25, -0.2) is 9.37 Å². The summed E-state index contributed by atoms with van der Waals surface area (Å²) >= 11 is 1.38. The first-order valence-corrected chi connectivity index (χ1v) is 6.66. The number of benzene rings is 1. The topological polar surface area (TPSA) is 62.2 Å². The van der Waals surface area contributed by atoms with Crippen molar-refractivity contribution in [3.05, 3.63) is 46.7 Å². The minimum absolute atomic E-state index is 0.0594. The first kappa shape index (κ1) is 13.5. The molecule has 0 unspecified atom stereocenters. The number of thiazole rings is 1. The molecule has 2 rings (SSSR count). The van der Waals surface area contributed by atoms with E-state index < -0.39 is 5.97 Å². The Labute approximate surface area is 113 Å². The molecule has 0 saturated carbocycles. The molecule has 1 aromatic carbocycles. The molecule has 2 N–H and O–H groups in total. The summed E-state index contributed by atoms with van der Waals surface area (Å²) < 4.78 is 12.7. The van der Waals surface area contributed by atoms with E-state index in [9.17, 15) is 9.18 Å². The highest BCUT2D eigenvalue weighted by Crippen LogP contribution is 2.15. The number of hydrogen-bond donors (Lipinski definition) is 2. The molecule has 2 aromatic rings. The molecule has 100 valence electrons. The van der Waals surface area contributed by atoms with Gasteiger partial charge < -0.3 is 10.4 Å². The maximum atomic E-state index is 12.7. The number of nitrogens with one attached hydrogen (secondary N) is 1. The zero-order valence-corrected chi connectivity index (χ0v) is 10.9. The van der Waals surface area contributed by atoms with Crippen LogP contribution in [0.5, 0.6) is 0 Å². The van der Waals surface area contributed by atoms with Crippen molar-refractivity contribution in [2.75, 3.05) is 11.9 Å². The van der Waals surface area contributed by atoms with Gasteiger partial charge in [-0.2, -0.15) is 0 Å². The van der Waals surface area contributed by atoms with Crippen LogP contribution in [-0.4, -0.2) is 22.6 Å². The molecule has 0 atom stereocenters. The fraction of sp³-hybridized carbons (Fsp3) is 0.231. The second-order valence-electron chi connectivity index (χ2n) is 4.02. The van der Waals surface area contributed by atoms with Crippen LogP contribution in [0.3, 0.4) is 0 Å². The maximum Gasteiger partial charge on any atom is 0.309 e.